The van der Waals surface area contributed by atoms with Crippen LogP contribution in [0.4, 0.5) is 22.1 Å². The molecule has 1 saturated heterocycles. The maximum atomic E-state index is 12.4. The zero-order valence-electron chi connectivity index (χ0n) is 20.1. The average molecular weight is 472 g/mol. The van der Waals surface area contributed by atoms with Crippen molar-refractivity contribution < 1.29 is 14.1 Å². The van der Waals surface area contributed by atoms with E-state index in [-0.39, 0.29) is 6.09 Å². The summed E-state index contributed by atoms with van der Waals surface area (Å²) in [5.41, 5.74) is 1.83. The first kappa shape index (κ1) is 23.6. The number of piperidine rings is 1. The minimum atomic E-state index is -0.984. The third-order valence-corrected chi connectivity index (χ3v) is 7.14. The SMILES string of the molecule is CN(c1cc(N2CCc3cc([S+](C)[O-])ccc32)ncn1)C1CCN(C(=O)OC(C)(C)C)CC1. The third kappa shape index (κ3) is 5.35. The standard InChI is InChI=1S/C24H33N5O3S/c1-24(2,3)32-23(30)28-11-9-18(10-12-28)27(4)21-15-22(26-16-25-21)29-13-8-17-14-19(33(5)31)6-7-20(17)29/h6-7,14-16,18H,8-13H2,1-5H3. The van der Waals surface area contributed by atoms with Crippen LogP contribution in [-0.4, -0.2) is 70.1 Å². The number of benzene rings is 1. The van der Waals surface area contributed by atoms with Gasteiger partial charge in [0.05, 0.1) is 0 Å². The average Bonchev–Trinajstić information content (AvgIpc) is 3.21. The molecule has 33 heavy (non-hydrogen) atoms. The van der Waals surface area contributed by atoms with E-state index >= 15 is 0 Å². The predicted molar refractivity (Wildman–Crippen MR) is 131 cm³/mol. The highest BCUT2D eigenvalue weighted by Crippen LogP contribution is 2.36. The van der Waals surface area contributed by atoms with Crippen LogP contribution in [0.25, 0.3) is 0 Å². The van der Waals surface area contributed by atoms with Gasteiger partial charge in [-0.15, -0.1) is 0 Å². The topological polar surface area (TPSA) is 84.9 Å². The summed E-state index contributed by atoms with van der Waals surface area (Å²) in [4.78, 5) is 28.5. The molecule has 1 amide bonds. The van der Waals surface area contributed by atoms with Crippen molar-refractivity contribution in [3.63, 3.8) is 0 Å². The lowest BCUT2D eigenvalue weighted by atomic mass is 10.0. The predicted octanol–water partition coefficient (Wildman–Crippen LogP) is 3.74. The maximum absolute atomic E-state index is 12.4. The first-order valence-corrected chi connectivity index (χ1v) is 12.9. The van der Waals surface area contributed by atoms with Crippen LogP contribution in [0.1, 0.15) is 39.2 Å². The van der Waals surface area contributed by atoms with Crippen LogP contribution in [-0.2, 0) is 22.3 Å². The third-order valence-electron chi connectivity index (χ3n) is 6.22. The number of hydrogen-bond acceptors (Lipinski definition) is 7. The number of aromatic nitrogens is 2. The Kier molecular flexibility index (Phi) is 6.72. The van der Waals surface area contributed by atoms with E-state index in [1.54, 1.807) is 17.5 Å². The summed E-state index contributed by atoms with van der Waals surface area (Å²) in [5, 5.41) is 0. The van der Waals surface area contributed by atoms with Crippen LogP contribution in [0.2, 0.25) is 0 Å². The Labute approximate surface area is 199 Å². The fourth-order valence-electron chi connectivity index (χ4n) is 4.42. The van der Waals surface area contributed by atoms with Crippen molar-refractivity contribution in [2.75, 3.05) is 42.7 Å². The molecule has 178 valence electrons. The van der Waals surface area contributed by atoms with Gasteiger partial charge in [-0.3, -0.25) is 0 Å². The number of rotatable bonds is 4. The van der Waals surface area contributed by atoms with Gasteiger partial charge < -0.3 is 24.0 Å². The molecule has 4 rings (SSSR count). The second-order valence-electron chi connectivity index (χ2n) is 9.69. The zero-order valence-corrected chi connectivity index (χ0v) is 20.9. The Bertz CT molecular complexity index is 1000. The van der Waals surface area contributed by atoms with Crippen molar-refractivity contribution in [1.82, 2.24) is 14.9 Å². The van der Waals surface area contributed by atoms with E-state index in [1.165, 1.54) is 5.56 Å². The van der Waals surface area contributed by atoms with Gasteiger partial charge in [0.1, 0.15) is 29.8 Å². The summed E-state index contributed by atoms with van der Waals surface area (Å²) in [7, 11) is 2.06. The van der Waals surface area contributed by atoms with Gasteiger partial charge >= 0.3 is 6.09 Å². The molecule has 0 radical (unpaired) electrons. The number of carbonyl (C=O) groups is 1. The summed E-state index contributed by atoms with van der Waals surface area (Å²) < 4.78 is 17.3. The molecule has 1 fully saturated rings. The highest BCUT2D eigenvalue weighted by molar-refractivity contribution is 7.90. The van der Waals surface area contributed by atoms with Crippen LogP contribution in [0.15, 0.2) is 35.5 Å². The maximum Gasteiger partial charge on any atom is 0.410 e. The van der Waals surface area contributed by atoms with Crippen molar-refractivity contribution >= 4 is 34.6 Å². The summed E-state index contributed by atoms with van der Waals surface area (Å²) in [6, 6.07) is 8.33. The molecule has 3 heterocycles. The van der Waals surface area contributed by atoms with Crippen molar-refractivity contribution in [2.24, 2.45) is 0 Å². The van der Waals surface area contributed by atoms with E-state index in [0.29, 0.717) is 19.1 Å². The van der Waals surface area contributed by atoms with Crippen LogP contribution >= 0.6 is 0 Å². The lowest BCUT2D eigenvalue weighted by molar-refractivity contribution is 0.0205. The lowest BCUT2D eigenvalue weighted by Crippen LogP contribution is -2.47. The Morgan fingerprint density at radius 3 is 2.58 bits per heavy atom. The fourth-order valence-corrected chi connectivity index (χ4v) is 4.99. The fraction of sp³-hybridized carbons (Fsp3) is 0.542. The van der Waals surface area contributed by atoms with Gasteiger partial charge in [-0.25, -0.2) is 14.8 Å². The molecule has 1 unspecified atom stereocenters. The second-order valence-corrected chi connectivity index (χ2v) is 11.1. The molecule has 2 aliphatic rings. The zero-order chi connectivity index (χ0) is 23.8. The molecule has 2 aliphatic heterocycles. The number of amides is 1. The van der Waals surface area contributed by atoms with Gasteiger partial charge in [0.15, 0.2) is 4.90 Å². The summed E-state index contributed by atoms with van der Waals surface area (Å²) in [6.07, 6.45) is 5.70. The summed E-state index contributed by atoms with van der Waals surface area (Å²) in [5.74, 6) is 1.73. The van der Waals surface area contributed by atoms with E-state index in [0.717, 1.165) is 48.0 Å². The number of anilines is 3. The van der Waals surface area contributed by atoms with Gasteiger partial charge in [0.2, 0.25) is 0 Å². The van der Waals surface area contributed by atoms with Gasteiger partial charge in [-0.1, -0.05) is 0 Å². The van der Waals surface area contributed by atoms with Crippen molar-refractivity contribution in [2.45, 2.75) is 56.6 Å². The second kappa shape index (κ2) is 9.38. The number of carbonyl (C=O) groups excluding carboxylic acids is 1. The molecule has 1 aromatic carbocycles. The lowest BCUT2D eigenvalue weighted by Gasteiger charge is -2.37. The molecule has 0 aliphatic carbocycles. The molecular formula is C24H33N5O3S. The van der Waals surface area contributed by atoms with Crippen molar-refractivity contribution in [3.8, 4) is 0 Å². The van der Waals surface area contributed by atoms with E-state index in [9.17, 15) is 9.35 Å². The molecule has 0 bridgehead atoms. The van der Waals surface area contributed by atoms with Gasteiger partial charge in [-0.05, 0) is 75.0 Å². The quantitative estimate of drug-likeness (QED) is 0.628. The number of likely N-dealkylation sites (tertiary alicyclic amines) is 1. The monoisotopic (exact) mass is 471 g/mol. The van der Waals surface area contributed by atoms with Crippen molar-refractivity contribution in [3.05, 3.63) is 36.2 Å². The molecule has 1 atom stereocenters. The summed E-state index contributed by atoms with van der Waals surface area (Å²) >= 11 is -0.984. The van der Waals surface area contributed by atoms with Crippen LogP contribution in [0.3, 0.4) is 0 Å². The van der Waals surface area contributed by atoms with E-state index in [1.807, 2.05) is 45.0 Å². The molecule has 9 heteroatoms. The molecule has 0 saturated carbocycles. The number of fused-ring (bicyclic) bond motifs is 1. The molecule has 0 spiro atoms. The first-order chi connectivity index (χ1) is 15.6. The number of hydrogen-bond donors (Lipinski definition) is 0. The highest BCUT2D eigenvalue weighted by Gasteiger charge is 2.30. The van der Waals surface area contributed by atoms with Crippen LogP contribution in [0.5, 0.6) is 0 Å². The molecule has 8 nitrogen and oxygen atoms in total. The Morgan fingerprint density at radius 2 is 1.91 bits per heavy atom. The Morgan fingerprint density at radius 1 is 1.18 bits per heavy atom. The van der Waals surface area contributed by atoms with Crippen LogP contribution < -0.4 is 9.80 Å². The largest absolute Gasteiger partial charge is 0.612 e. The number of ether oxygens (including phenoxy) is 1. The van der Waals surface area contributed by atoms with E-state index < -0.39 is 16.8 Å². The molecule has 2 aromatic rings. The van der Waals surface area contributed by atoms with E-state index in [4.69, 9.17) is 4.74 Å². The Hall–Kier alpha value is -2.52. The molecule has 0 N–H and O–H groups in total. The van der Waals surface area contributed by atoms with Crippen LogP contribution in [0, 0.1) is 0 Å². The minimum absolute atomic E-state index is 0.240. The first-order valence-electron chi connectivity index (χ1n) is 11.4. The minimum Gasteiger partial charge on any atom is -0.612 e. The molecule has 1 aromatic heterocycles. The van der Waals surface area contributed by atoms with Crippen molar-refractivity contribution in [1.29, 1.82) is 0 Å². The molecular weight excluding hydrogens is 438 g/mol. The van der Waals surface area contributed by atoms with Gasteiger partial charge in [-0.2, -0.15) is 0 Å². The van der Waals surface area contributed by atoms with E-state index in [2.05, 4.69) is 26.8 Å². The normalized spacial score (nSPS) is 17.6. The highest BCUT2D eigenvalue weighted by atomic mass is 32.2. The van der Waals surface area contributed by atoms with Gasteiger partial charge in [0.25, 0.3) is 0 Å². The van der Waals surface area contributed by atoms with Gasteiger partial charge in [0, 0.05) is 44.5 Å². The number of nitrogens with zero attached hydrogens (tertiary/aromatic N) is 5. The Balaban J connectivity index is 1.43. The smallest absolute Gasteiger partial charge is 0.410 e. The summed E-state index contributed by atoms with van der Waals surface area (Å²) in [6.45, 7) is 7.84.